The molecule has 0 spiro atoms. The van der Waals surface area contributed by atoms with E-state index in [1.807, 2.05) is 68.4 Å². The van der Waals surface area contributed by atoms with Crippen molar-refractivity contribution in [1.29, 1.82) is 0 Å². The normalized spacial score (nSPS) is 11.8. The number of nitrogens with zero attached hydrogens (tertiary/aromatic N) is 2. The van der Waals surface area contributed by atoms with E-state index in [1.165, 1.54) is 30.2 Å². The molecule has 1 unspecified atom stereocenters. The van der Waals surface area contributed by atoms with Crippen LogP contribution in [0.2, 0.25) is 5.02 Å². The fourth-order valence-corrected chi connectivity index (χ4v) is 6.55. The Morgan fingerprint density at radius 3 is 2.22 bits per heavy atom. The lowest BCUT2D eigenvalue weighted by atomic mass is 10.0. The molecule has 0 aromatic heterocycles. The molecule has 0 saturated heterocycles. The van der Waals surface area contributed by atoms with Gasteiger partial charge in [0.2, 0.25) is 11.8 Å². The molecule has 0 aliphatic heterocycles. The van der Waals surface area contributed by atoms with Crippen LogP contribution >= 0.6 is 11.6 Å². The van der Waals surface area contributed by atoms with Crippen molar-refractivity contribution in [3.63, 3.8) is 0 Å². The molecule has 2 amide bonds. The van der Waals surface area contributed by atoms with Gasteiger partial charge in [-0.05, 0) is 66.9 Å². The highest BCUT2D eigenvalue weighted by molar-refractivity contribution is 7.92. The third-order valence-electron chi connectivity index (χ3n) is 7.28. The summed E-state index contributed by atoms with van der Waals surface area (Å²) < 4.78 is 34.5. The summed E-state index contributed by atoms with van der Waals surface area (Å²) >= 11 is 6.29. The van der Waals surface area contributed by atoms with Crippen LogP contribution in [0.25, 0.3) is 0 Å². The molecule has 45 heavy (non-hydrogen) atoms. The number of ether oxygens (including phenoxy) is 1. The second kappa shape index (κ2) is 15.6. The van der Waals surface area contributed by atoms with E-state index < -0.39 is 28.5 Å². The van der Waals surface area contributed by atoms with Crippen molar-refractivity contribution in [3.8, 4) is 5.75 Å². The summed E-state index contributed by atoms with van der Waals surface area (Å²) in [6.45, 7) is 3.88. The number of halogens is 1. The van der Waals surface area contributed by atoms with Crippen molar-refractivity contribution in [2.45, 2.75) is 44.2 Å². The molecule has 0 radical (unpaired) electrons. The van der Waals surface area contributed by atoms with E-state index >= 15 is 0 Å². The lowest BCUT2D eigenvalue weighted by Gasteiger charge is -2.34. The van der Waals surface area contributed by atoms with E-state index in [2.05, 4.69) is 5.32 Å². The van der Waals surface area contributed by atoms with E-state index in [1.54, 1.807) is 30.3 Å². The van der Waals surface area contributed by atoms with Crippen molar-refractivity contribution < 1.29 is 22.7 Å². The van der Waals surface area contributed by atoms with Gasteiger partial charge in [0, 0.05) is 24.5 Å². The van der Waals surface area contributed by atoms with Gasteiger partial charge in [0.25, 0.3) is 10.0 Å². The number of carbonyl (C=O) groups is 2. The maximum atomic E-state index is 14.5. The highest BCUT2D eigenvalue weighted by Gasteiger charge is 2.34. The molecule has 0 heterocycles. The van der Waals surface area contributed by atoms with Crippen LogP contribution in [0.5, 0.6) is 5.75 Å². The lowest BCUT2D eigenvalue weighted by Crippen LogP contribution is -2.53. The van der Waals surface area contributed by atoms with Gasteiger partial charge in [0.05, 0.1) is 17.7 Å². The molecule has 4 aromatic rings. The third-order valence-corrected chi connectivity index (χ3v) is 9.30. The molecule has 4 aromatic carbocycles. The molecular formula is C35H38ClN3O5S. The minimum atomic E-state index is -4.25. The van der Waals surface area contributed by atoms with Crippen LogP contribution < -0.4 is 14.4 Å². The van der Waals surface area contributed by atoms with Crippen molar-refractivity contribution in [2.24, 2.45) is 0 Å². The highest BCUT2D eigenvalue weighted by atomic mass is 35.5. The van der Waals surface area contributed by atoms with Gasteiger partial charge >= 0.3 is 0 Å². The number of anilines is 1. The predicted octanol–water partition coefficient (Wildman–Crippen LogP) is 6.02. The van der Waals surface area contributed by atoms with E-state index in [0.29, 0.717) is 17.3 Å². The molecule has 0 aliphatic rings. The smallest absolute Gasteiger partial charge is 0.264 e. The van der Waals surface area contributed by atoms with Crippen LogP contribution in [0.1, 0.15) is 30.0 Å². The van der Waals surface area contributed by atoms with Crippen molar-refractivity contribution in [3.05, 3.63) is 125 Å². The minimum Gasteiger partial charge on any atom is -0.497 e. The Kier molecular flexibility index (Phi) is 11.6. The molecule has 0 saturated carbocycles. The maximum absolute atomic E-state index is 14.5. The second-order valence-electron chi connectivity index (χ2n) is 10.7. The number of hydrogen-bond acceptors (Lipinski definition) is 5. The monoisotopic (exact) mass is 647 g/mol. The zero-order chi connectivity index (χ0) is 32.4. The summed E-state index contributed by atoms with van der Waals surface area (Å²) in [5.41, 5.74) is 2.90. The molecule has 10 heteroatoms. The van der Waals surface area contributed by atoms with E-state index in [4.69, 9.17) is 16.3 Å². The summed E-state index contributed by atoms with van der Waals surface area (Å²) in [4.78, 5) is 29.7. The molecule has 236 valence electrons. The van der Waals surface area contributed by atoms with Crippen LogP contribution in [-0.2, 0) is 32.6 Å². The van der Waals surface area contributed by atoms with E-state index in [0.717, 1.165) is 27.4 Å². The Labute approximate surface area is 270 Å². The SMILES string of the molecule is CCCNC(=O)C(Cc1ccccc1)N(Cc1cccc(C)c1)C(=O)CN(c1cccc(Cl)c1)S(=O)(=O)c1ccc(OC)cc1. The van der Waals surface area contributed by atoms with Crippen LogP contribution in [0.15, 0.2) is 108 Å². The average molecular weight is 648 g/mol. The maximum Gasteiger partial charge on any atom is 0.264 e. The summed E-state index contributed by atoms with van der Waals surface area (Å²) in [6.07, 6.45) is 0.967. The number of benzene rings is 4. The molecule has 0 bridgehead atoms. The summed E-state index contributed by atoms with van der Waals surface area (Å²) in [6, 6.07) is 28.5. The fraction of sp³-hybridized carbons (Fsp3) is 0.257. The number of amides is 2. The Morgan fingerprint density at radius 1 is 0.889 bits per heavy atom. The van der Waals surface area contributed by atoms with Crippen LogP contribution in [0.4, 0.5) is 5.69 Å². The first-order valence-electron chi connectivity index (χ1n) is 14.7. The third kappa shape index (κ3) is 8.86. The zero-order valence-electron chi connectivity index (χ0n) is 25.6. The number of nitrogens with one attached hydrogen (secondary N) is 1. The first kappa shape index (κ1) is 33.6. The first-order chi connectivity index (χ1) is 21.6. The van der Waals surface area contributed by atoms with Crippen molar-refractivity contribution >= 4 is 39.1 Å². The topological polar surface area (TPSA) is 96.0 Å². The van der Waals surface area contributed by atoms with Gasteiger partial charge in [0.15, 0.2) is 0 Å². The molecule has 1 N–H and O–H groups in total. The fourth-order valence-electron chi connectivity index (χ4n) is 4.96. The number of hydrogen-bond donors (Lipinski definition) is 1. The molecule has 1 atom stereocenters. The Balaban J connectivity index is 1.80. The van der Waals surface area contributed by atoms with Gasteiger partial charge in [-0.1, -0.05) is 84.8 Å². The molecule has 0 aliphatic carbocycles. The summed E-state index contributed by atoms with van der Waals surface area (Å²) in [7, 11) is -2.76. The quantitative estimate of drug-likeness (QED) is 0.181. The molecule has 4 rings (SSSR count). The van der Waals surface area contributed by atoms with Crippen LogP contribution in [0, 0.1) is 6.92 Å². The zero-order valence-corrected chi connectivity index (χ0v) is 27.2. The standard InChI is InChI=1S/C35H38ClN3O5S/c1-4-20-37-35(41)33(22-27-11-6-5-7-12-27)38(24-28-13-8-10-26(2)21-28)34(40)25-39(30-15-9-14-29(36)23-30)45(42,43)32-18-16-31(44-3)17-19-32/h5-19,21,23,33H,4,20,22,24-25H2,1-3H3,(H,37,41). The number of aryl methyl sites for hydroxylation is 1. The minimum absolute atomic E-state index is 0.0252. The van der Waals surface area contributed by atoms with E-state index in [9.17, 15) is 18.0 Å². The van der Waals surface area contributed by atoms with Gasteiger partial charge in [-0.25, -0.2) is 8.42 Å². The number of sulfonamides is 1. The Morgan fingerprint density at radius 2 is 1.58 bits per heavy atom. The van der Waals surface area contributed by atoms with Crippen LogP contribution in [-0.4, -0.2) is 51.4 Å². The van der Waals surface area contributed by atoms with Crippen molar-refractivity contribution in [1.82, 2.24) is 10.2 Å². The van der Waals surface area contributed by atoms with Gasteiger partial charge in [-0.3, -0.25) is 13.9 Å². The molecule has 8 nitrogen and oxygen atoms in total. The number of rotatable bonds is 14. The van der Waals surface area contributed by atoms with Crippen LogP contribution in [0.3, 0.4) is 0 Å². The first-order valence-corrected chi connectivity index (χ1v) is 16.5. The van der Waals surface area contributed by atoms with E-state index in [-0.39, 0.29) is 29.5 Å². The van der Waals surface area contributed by atoms with Gasteiger partial charge < -0.3 is 15.0 Å². The second-order valence-corrected chi connectivity index (χ2v) is 13.0. The van der Waals surface area contributed by atoms with Gasteiger partial charge in [0.1, 0.15) is 18.3 Å². The number of carbonyl (C=O) groups excluding carboxylic acids is 2. The molecule has 0 fully saturated rings. The molecular weight excluding hydrogens is 610 g/mol. The van der Waals surface area contributed by atoms with Gasteiger partial charge in [-0.15, -0.1) is 0 Å². The Hall–Kier alpha value is -4.34. The predicted molar refractivity (Wildman–Crippen MR) is 178 cm³/mol. The summed E-state index contributed by atoms with van der Waals surface area (Å²) in [5.74, 6) is -0.360. The number of methoxy groups -OCH3 is 1. The summed E-state index contributed by atoms with van der Waals surface area (Å²) in [5, 5.41) is 3.26. The lowest BCUT2D eigenvalue weighted by molar-refractivity contribution is -0.140. The van der Waals surface area contributed by atoms with Crippen molar-refractivity contribution in [2.75, 3.05) is 24.5 Å². The average Bonchev–Trinajstić information content (AvgIpc) is 3.04. The Bertz CT molecular complexity index is 1700. The highest BCUT2D eigenvalue weighted by Crippen LogP contribution is 2.28. The van der Waals surface area contributed by atoms with Gasteiger partial charge in [-0.2, -0.15) is 0 Å². The largest absolute Gasteiger partial charge is 0.497 e.